The van der Waals surface area contributed by atoms with E-state index in [9.17, 15) is 14.7 Å². The summed E-state index contributed by atoms with van der Waals surface area (Å²) in [5.74, 6) is -0.119. The molecule has 0 spiro atoms. The van der Waals surface area contributed by atoms with Gasteiger partial charge < -0.3 is 14.6 Å². The van der Waals surface area contributed by atoms with Gasteiger partial charge in [0.25, 0.3) is 5.91 Å². The third-order valence-electron chi connectivity index (χ3n) is 4.39. The van der Waals surface area contributed by atoms with Gasteiger partial charge in [-0.15, -0.1) is 0 Å². The van der Waals surface area contributed by atoms with E-state index in [4.69, 9.17) is 21.7 Å². The van der Waals surface area contributed by atoms with Gasteiger partial charge in [-0.25, -0.2) is 4.79 Å². The molecular formula is C22H21NO5S2. The Morgan fingerprint density at radius 2 is 2.03 bits per heavy atom. The molecule has 0 saturated carbocycles. The molecule has 0 unspecified atom stereocenters. The average molecular weight is 444 g/mol. The van der Waals surface area contributed by atoms with Crippen molar-refractivity contribution in [2.45, 2.75) is 19.8 Å². The van der Waals surface area contributed by atoms with Gasteiger partial charge in [-0.1, -0.05) is 49.5 Å². The maximum absolute atomic E-state index is 12.9. The lowest BCUT2D eigenvalue weighted by Crippen LogP contribution is -2.27. The van der Waals surface area contributed by atoms with E-state index in [2.05, 4.69) is 6.92 Å². The molecule has 2 aromatic carbocycles. The summed E-state index contributed by atoms with van der Waals surface area (Å²) in [6, 6.07) is 11.6. The number of hydrogen-bond acceptors (Lipinski definition) is 6. The maximum atomic E-state index is 12.9. The third kappa shape index (κ3) is 4.83. The van der Waals surface area contributed by atoms with E-state index in [1.54, 1.807) is 31.4 Å². The Hall–Kier alpha value is -2.84. The van der Waals surface area contributed by atoms with Crippen molar-refractivity contribution in [3.05, 3.63) is 58.5 Å². The van der Waals surface area contributed by atoms with Crippen LogP contribution in [0.2, 0.25) is 0 Å². The highest BCUT2D eigenvalue weighted by atomic mass is 32.2. The van der Waals surface area contributed by atoms with Crippen LogP contribution in [0.15, 0.2) is 47.4 Å². The molecule has 0 radical (unpaired) electrons. The molecule has 156 valence electrons. The van der Waals surface area contributed by atoms with Crippen LogP contribution in [0, 0.1) is 0 Å². The van der Waals surface area contributed by atoms with Gasteiger partial charge in [-0.05, 0) is 48.4 Å². The molecule has 1 heterocycles. The molecule has 0 aliphatic carbocycles. The summed E-state index contributed by atoms with van der Waals surface area (Å²) < 4.78 is 11.5. The fourth-order valence-electron chi connectivity index (χ4n) is 2.84. The van der Waals surface area contributed by atoms with Crippen LogP contribution in [0.5, 0.6) is 11.5 Å². The van der Waals surface area contributed by atoms with E-state index in [0.29, 0.717) is 33.0 Å². The number of anilines is 1. The van der Waals surface area contributed by atoms with Gasteiger partial charge in [0, 0.05) is 0 Å². The predicted molar refractivity (Wildman–Crippen MR) is 122 cm³/mol. The number of thiocarbonyl (C=S) groups is 1. The van der Waals surface area contributed by atoms with Gasteiger partial charge in [0.15, 0.2) is 15.8 Å². The van der Waals surface area contributed by atoms with Gasteiger partial charge in [-0.2, -0.15) is 0 Å². The van der Waals surface area contributed by atoms with E-state index < -0.39 is 5.97 Å². The molecule has 2 aromatic rings. The highest BCUT2D eigenvalue weighted by molar-refractivity contribution is 8.27. The van der Waals surface area contributed by atoms with Crippen molar-refractivity contribution in [1.29, 1.82) is 0 Å². The zero-order valence-corrected chi connectivity index (χ0v) is 18.2. The molecule has 1 N–H and O–H groups in total. The number of nitrogens with zero attached hydrogens (tertiary/aromatic N) is 1. The molecule has 0 atom stereocenters. The number of methoxy groups -OCH3 is 1. The third-order valence-corrected chi connectivity index (χ3v) is 5.69. The number of ether oxygens (including phenoxy) is 2. The number of benzene rings is 2. The van der Waals surface area contributed by atoms with Crippen LogP contribution in [0.1, 0.15) is 35.7 Å². The van der Waals surface area contributed by atoms with Crippen molar-refractivity contribution in [1.82, 2.24) is 0 Å². The molecule has 1 aliphatic heterocycles. The molecule has 8 heteroatoms. The molecule has 0 aromatic heterocycles. The van der Waals surface area contributed by atoms with Crippen LogP contribution in [-0.2, 0) is 4.79 Å². The summed E-state index contributed by atoms with van der Waals surface area (Å²) >= 11 is 6.54. The number of hydrogen-bond donors (Lipinski definition) is 1. The summed E-state index contributed by atoms with van der Waals surface area (Å²) in [7, 11) is 1.57. The first-order chi connectivity index (χ1) is 14.4. The number of thioether (sulfide) groups is 1. The number of rotatable bonds is 8. The monoisotopic (exact) mass is 443 g/mol. The highest BCUT2D eigenvalue weighted by Gasteiger charge is 2.33. The number of aromatic carboxylic acids is 1. The van der Waals surface area contributed by atoms with E-state index in [1.165, 1.54) is 28.8 Å². The number of carboxylic acids is 1. The van der Waals surface area contributed by atoms with Crippen molar-refractivity contribution in [2.75, 3.05) is 18.6 Å². The molecule has 1 fully saturated rings. The molecule has 6 nitrogen and oxygen atoms in total. The predicted octanol–water partition coefficient (Wildman–Crippen LogP) is 4.98. The van der Waals surface area contributed by atoms with Crippen molar-refractivity contribution < 1.29 is 24.2 Å². The second-order valence-corrected chi connectivity index (χ2v) is 8.16. The van der Waals surface area contributed by atoms with Crippen molar-refractivity contribution >= 4 is 51.9 Å². The van der Waals surface area contributed by atoms with Crippen LogP contribution >= 0.6 is 24.0 Å². The Morgan fingerprint density at radius 3 is 2.73 bits per heavy atom. The van der Waals surface area contributed by atoms with Crippen molar-refractivity contribution in [3.63, 3.8) is 0 Å². The normalized spacial score (nSPS) is 15.0. The minimum absolute atomic E-state index is 0.0916. The Morgan fingerprint density at radius 1 is 1.23 bits per heavy atom. The van der Waals surface area contributed by atoms with Gasteiger partial charge >= 0.3 is 5.97 Å². The first kappa shape index (κ1) is 21.9. The SMILES string of the molecule is CCCCOc1ccc(C=C2SC(=S)N(c3cccc(C(=O)O)c3)C2=O)cc1OC. The number of carboxylic acid groups (broad SMARTS) is 1. The quantitative estimate of drug-likeness (QED) is 0.350. The number of carbonyl (C=O) groups is 2. The second kappa shape index (κ2) is 9.77. The molecule has 1 aliphatic rings. The first-order valence-electron chi connectivity index (χ1n) is 9.36. The van der Waals surface area contributed by atoms with E-state index >= 15 is 0 Å². The first-order valence-corrected chi connectivity index (χ1v) is 10.6. The minimum Gasteiger partial charge on any atom is -0.493 e. The zero-order valence-electron chi connectivity index (χ0n) is 16.6. The summed E-state index contributed by atoms with van der Waals surface area (Å²) in [4.78, 5) is 26.0. The molecule has 3 rings (SSSR count). The standard InChI is InChI=1S/C22H21NO5S2/c1-3-4-10-28-17-9-8-14(11-18(17)27-2)12-19-20(24)23(22(29)30-19)16-7-5-6-15(13-16)21(25)26/h5-9,11-13H,3-4,10H2,1-2H3,(H,25,26). The zero-order chi connectivity index (χ0) is 21.7. The van der Waals surface area contributed by atoms with Crippen LogP contribution < -0.4 is 14.4 Å². The fourth-order valence-corrected chi connectivity index (χ4v) is 4.14. The molecule has 30 heavy (non-hydrogen) atoms. The summed E-state index contributed by atoms with van der Waals surface area (Å²) in [6.07, 6.45) is 3.73. The molecular weight excluding hydrogens is 422 g/mol. The largest absolute Gasteiger partial charge is 0.493 e. The Balaban J connectivity index is 1.85. The van der Waals surface area contributed by atoms with Crippen molar-refractivity contribution in [3.8, 4) is 11.5 Å². The summed E-state index contributed by atoms with van der Waals surface area (Å²) in [5, 5.41) is 9.20. The van der Waals surface area contributed by atoms with E-state index in [1.807, 2.05) is 12.1 Å². The highest BCUT2D eigenvalue weighted by Crippen LogP contribution is 2.37. The Kier molecular flexibility index (Phi) is 7.12. The lowest BCUT2D eigenvalue weighted by molar-refractivity contribution is -0.113. The van der Waals surface area contributed by atoms with Crippen LogP contribution in [-0.4, -0.2) is 35.0 Å². The van der Waals surface area contributed by atoms with Gasteiger partial charge in [0.05, 0.1) is 29.9 Å². The average Bonchev–Trinajstić information content (AvgIpc) is 3.02. The second-order valence-electron chi connectivity index (χ2n) is 6.48. The lowest BCUT2D eigenvalue weighted by Gasteiger charge is -2.14. The summed E-state index contributed by atoms with van der Waals surface area (Å²) in [5.41, 5.74) is 1.29. The van der Waals surface area contributed by atoms with Crippen LogP contribution in [0.25, 0.3) is 6.08 Å². The summed E-state index contributed by atoms with van der Waals surface area (Å²) in [6.45, 7) is 2.71. The number of carbonyl (C=O) groups excluding carboxylic acids is 1. The van der Waals surface area contributed by atoms with Crippen molar-refractivity contribution in [2.24, 2.45) is 0 Å². The minimum atomic E-state index is -1.06. The van der Waals surface area contributed by atoms with Gasteiger partial charge in [-0.3, -0.25) is 9.69 Å². The van der Waals surface area contributed by atoms with Crippen LogP contribution in [0.4, 0.5) is 5.69 Å². The van der Waals surface area contributed by atoms with Gasteiger partial charge in [0.2, 0.25) is 0 Å². The fraction of sp³-hybridized carbons (Fsp3) is 0.227. The number of amides is 1. The van der Waals surface area contributed by atoms with E-state index in [-0.39, 0.29) is 11.5 Å². The lowest BCUT2D eigenvalue weighted by atomic mass is 10.1. The molecule has 0 bridgehead atoms. The topological polar surface area (TPSA) is 76.1 Å². The Bertz CT molecular complexity index is 1020. The smallest absolute Gasteiger partial charge is 0.335 e. The molecule has 1 saturated heterocycles. The van der Waals surface area contributed by atoms with Gasteiger partial charge in [0.1, 0.15) is 0 Å². The Labute approximate surface area is 184 Å². The maximum Gasteiger partial charge on any atom is 0.335 e. The number of unbranched alkanes of at least 4 members (excludes halogenated alkanes) is 1. The van der Waals surface area contributed by atoms with Crippen LogP contribution in [0.3, 0.4) is 0 Å². The molecule has 1 amide bonds. The van der Waals surface area contributed by atoms with E-state index in [0.717, 1.165) is 18.4 Å².